The SMILES string of the molecule is COCCCCCNCC1CCCC(C)C1. The highest BCUT2D eigenvalue weighted by Crippen LogP contribution is 2.27. The Balaban J connectivity index is 1.86. The van der Waals surface area contributed by atoms with Gasteiger partial charge in [-0.25, -0.2) is 0 Å². The highest BCUT2D eigenvalue weighted by Gasteiger charge is 2.17. The summed E-state index contributed by atoms with van der Waals surface area (Å²) in [4.78, 5) is 0. The predicted octanol–water partition coefficient (Wildman–Crippen LogP) is 3.22. The first-order valence-corrected chi connectivity index (χ1v) is 7.02. The number of unbranched alkanes of at least 4 members (excludes halogenated alkanes) is 2. The van der Waals surface area contributed by atoms with Crippen LogP contribution < -0.4 is 5.32 Å². The van der Waals surface area contributed by atoms with Crippen LogP contribution in [0.2, 0.25) is 0 Å². The van der Waals surface area contributed by atoms with E-state index in [0.717, 1.165) is 18.4 Å². The minimum Gasteiger partial charge on any atom is -0.385 e. The average molecular weight is 227 g/mol. The molecule has 2 atom stereocenters. The molecule has 0 aromatic rings. The largest absolute Gasteiger partial charge is 0.385 e. The first kappa shape index (κ1) is 14.0. The molecule has 1 N–H and O–H groups in total. The molecule has 0 bridgehead atoms. The van der Waals surface area contributed by atoms with E-state index in [-0.39, 0.29) is 0 Å². The van der Waals surface area contributed by atoms with Crippen LogP contribution in [0.5, 0.6) is 0 Å². The molecule has 0 heterocycles. The van der Waals surface area contributed by atoms with Crippen LogP contribution in [-0.4, -0.2) is 26.8 Å². The van der Waals surface area contributed by atoms with Crippen LogP contribution >= 0.6 is 0 Å². The molecule has 1 fully saturated rings. The van der Waals surface area contributed by atoms with Gasteiger partial charge in [0, 0.05) is 13.7 Å². The van der Waals surface area contributed by atoms with Gasteiger partial charge in [-0.05, 0) is 57.0 Å². The summed E-state index contributed by atoms with van der Waals surface area (Å²) in [5.74, 6) is 1.91. The summed E-state index contributed by atoms with van der Waals surface area (Å²) in [5, 5.41) is 3.61. The Morgan fingerprint density at radius 1 is 1.19 bits per heavy atom. The summed E-state index contributed by atoms with van der Waals surface area (Å²) in [7, 11) is 1.78. The van der Waals surface area contributed by atoms with E-state index in [4.69, 9.17) is 4.74 Å². The van der Waals surface area contributed by atoms with Crippen LogP contribution in [0.1, 0.15) is 51.9 Å². The van der Waals surface area contributed by atoms with Gasteiger partial charge < -0.3 is 10.1 Å². The topological polar surface area (TPSA) is 21.3 Å². The lowest BCUT2D eigenvalue weighted by atomic mass is 9.82. The van der Waals surface area contributed by atoms with Gasteiger partial charge in [0.15, 0.2) is 0 Å². The number of hydrogen-bond acceptors (Lipinski definition) is 2. The lowest BCUT2D eigenvalue weighted by Crippen LogP contribution is -2.27. The summed E-state index contributed by atoms with van der Waals surface area (Å²) in [6.45, 7) is 5.75. The first-order valence-electron chi connectivity index (χ1n) is 7.02. The van der Waals surface area contributed by atoms with Crippen LogP contribution in [0.15, 0.2) is 0 Å². The Morgan fingerprint density at radius 3 is 2.81 bits per heavy atom. The van der Waals surface area contributed by atoms with Gasteiger partial charge in [-0.15, -0.1) is 0 Å². The van der Waals surface area contributed by atoms with E-state index in [1.807, 2.05) is 0 Å². The van der Waals surface area contributed by atoms with E-state index in [9.17, 15) is 0 Å². The number of nitrogens with one attached hydrogen (secondary N) is 1. The van der Waals surface area contributed by atoms with Crippen LogP contribution in [0.25, 0.3) is 0 Å². The molecule has 2 unspecified atom stereocenters. The van der Waals surface area contributed by atoms with Gasteiger partial charge in [0.1, 0.15) is 0 Å². The zero-order chi connectivity index (χ0) is 11.6. The minimum absolute atomic E-state index is 0.917. The summed E-state index contributed by atoms with van der Waals surface area (Å²) in [6, 6.07) is 0. The highest BCUT2D eigenvalue weighted by atomic mass is 16.5. The van der Waals surface area contributed by atoms with E-state index >= 15 is 0 Å². The monoisotopic (exact) mass is 227 g/mol. The maximum absolute atomic E-state index is 5.03. The van der Waals surface area contributed by atoms with E-state index < -0.39 is 0 Å². The smallest absolute Gasteiger partial charge is 0.0462 e. The fourth-order valence-corrected chi connectivity index (χ4v) is 2.72. The molecule has 0 spiro atoms. The van der Waals surface area contributed by atoms with Crippen LogP contribution in [-0.2, 0) is 4.74 Å². The molecule has 0 aromatic carbocycles. The first-order chi connectivity index (χ1) is 7.83. The Hall–Kier alpha value is -0.0800. The number of ether oxygens (including phenoxy) is 1. The second kappa shape index (κ2) is 9.00. The van der Waals surface area contributed by atoms with Crippen molar-refractivity contribution in [2.24, 2.45) is 11.8 Å². The van der Waals surface area contributed by atoms with Crippen molar-refractivity contribution in [3.63, 3.8) is 0 Å². The third kappa shape index (κ3) is 6.49. The van der Waals surface area contributed by atoms with E-state index in [0.29, 0.717) is 0 Å². The van der Waals surface area contributed by atoms with Gasteiger partial charge in [0.2, 0.25) is 0 Å². The van der Waals surface area contributed by atoms with Crippen molar-refractivity contribution in [3.8, 4) is 0 Å². The molecule has 0 radical (unpaired) electrons. The van der Waals surface area contributed by atoms with Gasteiger partial charge >= 0.3 is 0 Å². The van der Waals surface area contributed by atoms with Crippen LogP contribution in [0.4, 0.5) is 0 Å². The van der Waals surface area contributed by atoms with E-state index in [1.54, 1.807) is 7.11 Å². The highest BCUT2D eigenvalue weighted by molar-refractivity contribution is 4.72. The Morgan fingerprint density at radius 2 is 2.06 bits per heavy atom. The molecule has 1 rings (SSSR count). The van der Waals surface area contributed by atoms with Crippen molar-refractivity contribution < 1.29 is 4.74 Å². The molecule has 0 aliphatic heterocycles. The summed E-state index contributed by atoms with van der Waals surface area (Å²) in [6.07, 6.45) is 9.58. The van der Waals surface area contributed by atoms with Crippen molar-refractivity contribution >= 4 is 0 Å². The molecule has 2 nitrogen and oxygen atoms in total. The van der Waals surface area contributed by atoms with Crippen molar-refractivity contribution in [3.05, 3.63) is 0 Å². The fourth-order valence-electron chi connectivity index (χ4n) is 2.72. The van der Waals surface area contributed by atoms with Gasteiger partial charge in [0.05, 0.1) is 0 Å². The Bertz CT molecular complexity index is 161. The second-order valence-corrected chi connectivity index (χ2v) is 5.40. The molecule has 0 aromatic heterocycles. The summed E-state index contributed by atoms with van der Waals surface area (Å²) < 4.78 is 5.03. The van der Waals surface area contributed by atoms with E-state index in [2.05, 4.69) is 12.2 Å². The number of methoxy groups -OCH3 is 1. The zero-order valence-electron chi connectivity index (χ0n) is 11.1. The molecule has 96 valence electrons. The summed E-state index contributed by atoms with van der Waals surface area (Å²) in [5.41, 5.74) is 0. The maximum Gasteiger partial charge on any atom is 0.0462 e. The van der Waals surface area contributed by atoms with Crippen LogP contribution in [0, 0.1) is 11.8 Å². The quantitative estimate of drug-likeness (QED) is 0.643. The molecule has 2 heteroatoms. The van der Waals surface area contributed by atoms with Crippen LogP contribution in [0.3, 0.4) is 0 Å². The third-order valence-electron chi connectivity index (χ3n) is 3.68. The number of hydrogen-bond donors (Lipinski definition) is 1. The molecule has 1 saturated carbocycles. The van der Waals surface area contributed by atoms with Gasteiger partial charge in [0.25, 0.3) is 0 Å². The van der Waals surface area contributed by atoms with Crippen molar-refractivity contribution in [2.45, 2.75) is 51.9 Å². The second-order valence-electron chi connectivity index (χ2n) is 5.40. The Kier molecular flexibility index (Phi) is 7.87. The zero-order valence-corrected chi connectivity index (χ0v) is 11.1. The van der Waals surface area contributed by atoms with Crippen molar-refractivity contribution in [1.82, 2.24) is 5.32 Å². The molecule has 0 saturated heterocycles. The average Bonchev–Trinajstić information content (AvgIpc) is 2.28. The minimum atomic E-state index is 0.917. The predicted molar refractivity (Wildman–Crippen MR) is 69.7 cm³/mol. The Labute approximate surface area is 101 Å². The molecular formula is C14H29NO. The summed E-state index contributed by atoms with van der Waals surface area (Å²) >= 11 is 0. The molecule has 16 heavy (non-hydrogen) atoms. The lowest BCUT2D eigenvalue weighted by molar-refractivity contribution is 0.192. The lowest BCUT2D eigenvalue weighted by Gasteiger charge is -2.26. The molecular weight excluding hydrogens is 198 g/mol. The standard InChI is InChI=1S/C14H29NO/c1-13-7-6-8-14(11-13)12-15-9-4-3-5-10-16-2/h13-15H,3-12H2,1-2H3. The van der Waals surface area contributed by atoms with Crippen molar-refractivity contribution in [2.75, 3.05) is 26.8 Å². The fraction of sp³-hybridized carbons (Fsp3) is 1.00. The number of rotatable bonds is 8. The third-order valence-corrected chi connectivity index (χ3v) is 3.68. The van der Waals surface area contributed by atoms with Gasteiger partial charge in [-0.2, -0.15) is 0 Å². The van der Waals surface area contributed by atoms with Crippen molar-refractivity contribution in [1.29, 1.82) is 0 Å². The van der Waals surface area contributed by atoms with Gasteiger partial charge in [-0.1, -0.05) is 19.8 Å². The maximum atomic E-state index is 5.03. The van der Waals surface area contributed by atoms with Gasteiger partial charge in [-0.3, -0.25) is 0 Å². The molecule has 1 aliphatic carbocycles. The molecule has 1 aliphatic rings. The molecule has 0 amide bonds. The van der Waals surface area contributed by atoms with E-state index in [1.165, 1.54) is 58.0 Å². The normalized spacial score (nSPS) is 25.9.